The van der Waals surface area contributed by atoms with E-state index in [9.17, 15) is 4.79 Å². The molecule has 3 heterocycles. The number of aromatic amines is 2. The second-order valence-electron chi connectivity index (χ2n) is 9.96. The number of aryl methyl sites for hydroxylation is 1. The molecule has 0 radical (unpaired) electrons. The maximum Gasteiger partial charge on any atom is 0.323 e. The van der Waals surface area contributed by atoms with Gasteiger partial charge in [-0.25, -0.2) is 4.98 Å². The summed E-state index contributed by atoms with van der Waals surface area (Å²) in [5, 5.41) is 18.5. The summed E-state index contributed by atoms with van der Waals surface area (Å²) in [5.74, 6) is 1.03. The van der Waals surface area contributed by atoms with Crippen LogP contribution in [-0.4, -0.2) is 49.1 Å². The van der Waals surface area contributed by atoms with Crippen molar-refractivity contribution in [2.75, 3.05) is 6.54 Å². The van der Waals surface area contributed by atoms with Gasteiger partial charge in [-0.2, -0.15) is 5.21 Å². The van der Waals surface area contributed by atoms with Gasteiger partial charge in [0.15, 0.2) is 5.15 Å². The number of aromatic nitrogens is 6. The van der Waals surface area contributed by atoms with Gasteiger partial charge in [-0.15, -0.1) is 10.2 Å². The lowest BCUT2D eigenvalue weighted by atomic mass is 9.95. The number of esters is 1. The number of tetrazole rings is 1. The average Bonchev–Trinajstić information content (AvgIpc) is 3.54. The Labute approximate surface area is 233 Å². The Morgan fingerprint density at radius 2 is 2.00 bits per heavy atom. The second-order valence-corrected chi connectivity index (χ2v) is 10.3. The number of carbonyl (C=O) groups excluding carboxylic acids is 1. The summed E-state index contributed by atoms with van der Waals surface area (Å²) in [7, 11) is 0. The van der Waals surface area contributed by atoms with Gasteiger partial charge in [0.2, 0.25) is 5.82 Å². The predicted octanol–water partition coefficient (Wildman–Crippen LogP) is 5.61. The molecule has 10 heteroatoms. The minimum Gasteiger partial charge on any atom is -0.454 e. The average molecular weight is 548 g/mol. The highest BCUT2D eigenvalue weighted by molar-refractivity contribution is 6.30. The molecule has 0 amide bonds. The molecule has 5 rings (SSSR count). The number of hydrogen-bond donors (Lipinski definition) is 3. The van der Waals surface area contributed by atoms with Crippen LogP contribution >= 0.6 is 11.6 Å². The Morgan fingerprint density at radius 1 is 1.13 bits per heavy atom. The fourth-order valence-corrected chi connectivity index (χ4v) is 5.28. The summed E-state index contributed by atoms with van der Waals surface area (Å²) < 4.78 is 6.17. The van der Waals surface area contributed by atoms with E-state index in [1.165, 1.54) is 0 Å². The quantitative estimate of drug-likeness (QED) is 0.220. The fraction of sp³-hybridized carbons (Fsp3) is 0.414. The third-order valence-corrected chi connectivity index (χ3v) is 7.39. The molecule has 0 unspecified atom stereocenters. The van der Waals surface area contributed by atoms with Crippen LogP contribution in [-0.2, 0) is 22.4 Å². The number of imidazole rings is 1. The Morgan fingerprint density at radius 3 is 2.79 bits per heavy atom. The molecule has 0 bridgehead atoms. The van der Waals surface area contributed by atoms with Crippen molar-refractivity contribution in [1.29, 1.82) is 0 Å². The van der Waals surface area contributed by atoms with Gasteiger partial charge in [-0.1, -0.05) is 80.3 Å². The van der Waals surface area contributed by atoms with E-state index >= 15 is 0 Å². The van der Waals surface area contributed by atoms with Crippen LogP contribution in [0.3, 0.4) is 0 Å². The highest BCUT2D eigenvalue weighted by Gasteiger charge is 2.28. The molecule has 4 aromatic rings. The van der Waals surface area contributed by atoms with Crippen LogP contribution in [0.25, 0.3) is 22.5 Å². The standard InChI is InChI=1S/C29H34ClN7O2/c1-2-3-13-25-32-26(27(30)33-25)24(39-29(38)23-12-8-5-9-16-31-23)18-19-14-15-21(20-10-6-4-7-11-20)22(17-19)28-34-36-37-35-28/h4,6-7,10-11,14-15,17,23-24,31H,2-3,5,8-9,12-13,16,18H2,1H3,(H,32,33)(H,34,35,36,37)/t23-,24-/m0/s1. The third-order valence-electron chi connectivity index (χ3n) is 7.10. The predicted molar refractivity (Wildman–Crippen MR) is 150 cm³/mol. The molecule has 9 nitrogen and oxygen atoms in total. The van der Waals surface area contributed by atoms with E-state index in [1.54, 1.807) is 0 Å². The lowest BCUT2D eigenvalue weighted by Gasteiger charge is -2.22. The number of nitrogens with zero attached hydrogens (tertiary/aromatic N) is 4. The van der Waals surface area contributed by atoms with Gasteiger partial charge in [0.05, 0.1) is 5.69 Å². The van der Waals surface area contributed by atoms with Crippen molar-refractivity contribution in [3.8, 4) is 22.5 Å². The van der Waals surface area contributed by atoms with Crippen molar-refractivity contribution < 1.29 is 9.53 Å². The Balaban J connectivity index is 1.47. The maximum absolute atomic E-state index is 13.3. The minimum atomic E-state index is -0.626. The highest BCUT2D eigenvalue weighted by atomic mass is 35.5. The van der Waals surface area contributed by atoms with E-state index in [1.807, 2.05) is 48.5 Å². The van der Waals surface area contributed by atoms with Crippen LogP contribution < -0.4 is 5.32 Å². The fourth-order valence-electron chi connectivity index (χ4n) is 5.01. The summed E-state index contributed by atoms with van der Waals surface area (Å²) in [6.07, 6.45) is 6.55. The molecule has 1 aliphatic heterocycles. The van der Waals surface area contributed by atoms with Crippen molar-refractivity contribution in [1.82, 2.24) is 35.9 Å². The van der Waals surface area contributed by atoms with Gasteiger partial charge in [0.25, 0.3) is 0 Å². The largest absolute Gasteiger partial charge is 0.454 e. The number of nitrogens with one attached hydrogen (secondary N) is 3. The number of rotatable bonds is 10. The normalized spacial score (nSPS) is 16.5. The first-order valence-electron chi connectivity index (χ1n) is 13.7. The van der Waals surface area contributed by atoms with Crippen molar-refractivity contribution in [2.24, 2.45) is 0 Å². The summed E-state index contributed by atoms with van der Waals surface area (Å²) in [6.45, 7) is 2.95. The number of H-pyrrole nitrogens is 2. The number of benzene rings is 2. The van der Waals surface area contributed by atoms with Crippen molar-refractivity contribution in [3.05, 3.63) is 70.8 Å². The minimum absolute atomic E-state index is 0.262. The van der Waals surface area contributed by atoms with E-state index in [4.69, 9.17) is 16.3 Å². The molecule has 0 aliphatic carbocycles. The molecular weight excluding hydrogens is 514 g/mol. The van der Waals surface area contributed by atoms with Gasteiger partial charge in [-0.3, -0.25) is 4.79 Å². The van der Waals surface area contributed by atoms with Gasteiger partial charge >= 0.3 is 5.97 Å². The van der Waals surface area contributed by atoms with Crippen LogP contribution in [0.15, 0.2) is 48.5 Å². The van der Waals surface area contributed by atoms with E-state index in [0.717, 1.165) is 79.6 Å². The number of ether oxygens (including phenoxy) is 1. The molecule has 2 aromatic heterocycles. The molecule has 0 saturated carbocycles. The topological polar surface area (TPSA) is 121 Å². The zero-order valence-electron chi connectivity index (χ0n) is 22.1. The molecule has 39 heavy (non-hydrogen) atoms. The molecule has 0 spiro atoms. The molecule has 2 atom stereocenters. The van der Waals surface area contributed by atoms with Crippen molar-refractivity contribution >= 4 is 17.6 Å². The van der Waals surface area contributed by atoms with Gasteiger partial charge < -0.3 is 15.0 Å². The Kier molecular flexibility index (Phi) is 9.00. The number of hydrogen-bond acceptors (Lipinski definition) is 7. The van der Waals surface area contributed by atoms with Crippen LogP contribution in [0, 0.1) is 0 Å². The molecule has 1 fully saturated rings. The molecular formula is C29H34ClN7O2. The molecule has 2 aromatic carbocycles. The Bertz CT molecular complexity index is 1350. The van der Waals surface area contributed by atoms with E-state index in [2.05, 4.69) is 42.8 Å². The summed E-state index contributed by atoms with van der Waals surface area (Å²) in [6, 6.07) is 15.9. The molecule has 1 saturated heterocycles. The zero-order valence-corrected chi connectivity index (χ0v) is 22.9. The molecule has 1 aliphatic rings. The monoisotopic (exact) mass is 547 g/mol. The number of halogens is 1. The van der Waals surface area contributed by atoms with Gasteiger partial charge in [-0.05, 0) is 53.8 Å². The maximum atomic E-state index is 13.3. The first-order valence-corrected chi connectivity index (χ1v) is 14.1. The summed E-state index contributed by atoms with van der Waals surface area (Å²) in [4.78, 5) is 21.2. The van der Waals surface area contributed by atoms with Crippen molar-refractivity contribution in [2.45, 2.75) is 70.4 Å². The summed E-state index contributed by atoms with van der Waals surface area (Å²) >= 11 is 6.62. The third kappa shape index (κ3) is 6.72. The van der Waals surface area contributed by atoms with Crippen LogP contribution in [0.2, 0.25) is 5.15 Å². The van der Waals surface area contributed by atoms with Crippen LogP contribution in [0.5, 0.6) is 0 Å². The molecule has 3 N–H and O–H groups in total. The van der Waals surface area contributed by atoms with E-state index in [0.29, 0.717) is 23.1 Å². The van der Waals surface area contributed by atoms with E-state index < -0.39 is 6.10 Å². The van der Waals surface area contributed by atoms with E-state index in [-0.39, 0.29) is 12.0 Å². The number of unbranched alkanes of at least 4 members (excludes halogenated alkanes) is 1. The lowest BCUT2D eigenvalue weighted by molar-refractivity contribution is -0.152. The van der Waals surface area contributed by atoms with Crippen molar-refractivity contribution in [3.63, 3.8) is 0 Å². The lowest BCUT2D eigenvalue weighted by Crippen LogP contribution is -2.38. The smallest absolute Gasteiger partial charge is 0.323 e. The van der Waals surface area contributed by atoms with Crippen LogP contribution in [0.1, 0.15) is 68.6 Å². The zero-order chi connectivity index (χ0) is 27.0. The second kappa shape index (κ2) is 13.0. The first-order chi connectivity index (χ1) is 19.1. The number of carbonyl (C=O) groups is 1. The SMILES string of the molecule is CCCCc1nc(Cl)c([C@H](Cc2ccc(-c3ccccc3)c(-c3nn[nH]n3)c2)OC(=O)[C@@H]2CCCCCN2)[nH]1. The summed E-state index contributed by atoms with van der Waals surface area (Å²) in [5.41, 5.74) is 4.43. The highest BCUT2D eigenvalue weighted by Crippen LogP contribution is 2.34. The van der Waals surface area contributed by atoms with Crippen LogP contribution in [0.4, 0.5) is 0 Å². The van der Waals surface area contributed by atoms with Gasteiger partial charge in [0, 0.05) is 18.4 Å². The van der Waals surface area contributed by atoms with Gasteiger partial charge in [0.1, 0.15) is 18.0 Å². The Hall–Kier alpha value is -3.56. The molecule has 204 valence electrons. The first kappa shape index (κ1) is 27.0.